The predicted molar refractivity (Wildman–Crippen MR) is 83.7 cm³/mol. The fourth-order valence-corrected chi connectivity index (χ4v) is 2.32. The minimum absolute atomic E-state index is 0.0669. The highest BCUT2D eigenvalue weighted by Crippen LogP contribution is 2.24. The quantitative estimate of drug-likeness (QED) is 0.738. The molecule has 5 heteroatoms. The lowest BCUT2D eigenvalue weighted by Gasteiger charge is -2.19. The minimum Gasteiger partial charge on any atom is -0.496 e. The topological polar surface area (TPSA) is 50.8 Å². The summed E-state index contributed by atoms with van der Waals surface area (Å²) in [6.07, 6.45) is 0. The van der Waals surface area contributed by atoms with E-state index in [0.29, 0.717) is 26.2 Å². The molecule has 0 spiro atoms. The van der Waals surface area contributed by atoms with Crippen LogP contribution in [0, 0.1) is 13.8 Å². The number of ether oxygens (including phenoxy) is 2. The van der Waals surface area contributed by atoms with Crippen molar-refractivity contribution in [2.75, 3.05) is 41.0 Å². The summed E-state index contributed by atoms with van der Waals surface area (Å²) in [5, 5.41) is 3.06. The van der Waals surface area contributed by atoms with E-state index in [9.17, 15) is 4.79 Å². The van der Waals surface area contributed by atoms with Gasteiger partial charge in [-0.2, -0.15) is 0 Å². The van der Waals surface area contributed by atoms with Gasteiger partial charge in [0.2, 0.25) is 5.91 Å². The van der Waals surface area contributed by atoms with Crippen LogP contribution in [0.5, 0.6) is 5.75 Å². The van der Waals surface area contributed by atoms with Crippen molar-refractivity contribution in [3.05, 3.63) is 28.8 Å². The number of hydrogen-bond donors (Lipinski definition) is 1. The van der Waals surface area contributed by atoms with Gasteiger partial charge < -0.3 is 19.7 Å². The number of amides is 1. The van der Waals surface area contributed by atoms with Gasteiger partial charge in [-0.15, -0.1) is 0 Å². The molecule has 0 atom stereocenters. The molecule has 1 N–H and O–H groups in total. The number of carbonyl (C=O) groups excluding carboxylic acids is 1. The Hall–Kier alpha value is -1.59. The van der Waals surface area contributed by atoms with Crippen molar-refractivity contribution in [3.63, 3.8) is 0 Å². The van der Waals surface area contributed by atoms with Crippen LogP contribution in [0.1, 0.15) is 16.7 Å². The third-order valence-corrected chi connectivity index (χ3v) is 3.33. The zero-order valence-corrected chi connectivity index (χ0v) is 13.7. The van der Waals surface area contributed by atoms with Crippen molar-refractivity contribution in [1.82, 2.24) is 10.2 Å². The summed E-state index contributed by atoms with van der Waals surface area (Å²) < 4.78 is 10.3. The molecule has 0 bridgehead atoms. The first-order valence-corrected chi connectivity index (χ1v) is 7.07. The number of benzene rings is 1. The van der Waals surface area contributed by atoms with Crippen molar-refractivity contribution in [2.45, 2.75) is 20.4 Å². The second kappa shape index (κ2) is 8.64. The van der Waals surface area contributed by atoms with Gasteiger partial charge in [0, 0.05) is 27.2 Å². The van der Waals surface area contributed by atoms with E-state index >= 15 is 0 Å². The first kappa shape index (κ1) is 17.5. The number of carbonyl (C=O) groups is 1. The molecule has 1 rings (SSSR count). The Balaban J connectivity index is 2.58. The molecular formula is C16H26N2O3. The van der Waals surface area contributed by atoms with E-state index < -0.39 is 0 Å². The van der Waals surface area contributed by atoms with Gasteiger partial charge in [0.1, 0.15) is 5.75 Å². The van der Waals surface area contributed by atoms with Crippen LogP contribution in [0.2, 0.25) is 0 Å². The molecule has 1 amide bonds. The largest absolute Gasteiger partial charge is 0.496 e. The summed E-state index contributed by atoms with van der Waals surface area (Å²) >= 11 is 0. The maximum absolute atomic E-state index is 12.0. The van der Waals surface area contributed by atoms with Gasteiger partial charge in [-0.25, -0.2) is 0 Å². The minimum atomic E-state index is 0.0669. The molecular weight excluding hydrogens is 268 g/mol. The maximum Gasteiger partial charge on any atom is 0.236 e. The Morgan fingerprint density at radius 1 is 1.24 bits per heavy atom. The summed E-state index contributed by atoms with van der Waals surface area (Å²) in [6.45, 7) is 6.24. The van der Waals surface area contributed by atoms with Crippen molar-refractivity contribution in [1.29, 1.82) is 0 Å². The summed E-state index contributed by atoms with van der Waals surface area (Å²) in [5.41, 5.74) is 3.29. The van der Waals surface area contributed by atoms with Gasteiger partial charge >= 0.3 is 0 Å². The maximum atomic E-state index is 12.0. The van der Waals surface area contributed by atoms with Gasteiger partial charge in [0.05, 0.1) is 20.3 Å². The molecule has 0 unspecified atom stereocenters. The summed E-state index contributed by atoms with van der Waals surface area (Å²) in [6, 6.07) is 4.13. The molecule has 0 radical (unpaired) electrons. The number of aryl methyl sites for hydroxylation is 2. The van der Waals surface area contributed by atoms with Crippen molar-refractivity contribution in [2.24, 2.45) is 0 Å². The van der Waals surface area contributed by atoms with Crippen LogP contribution in [-0.4, -0.2) is 51.8 Å². The Morgan fingerprint density at radius 3 is 2.38 bits per heavy atom. The standard InChI is InChI=1S/C16H26N2O3/c1-12-8-14(9-13(2)16(12)21-5)11-18(3)15(19)10-17-6-7-20-4/h8-9,17H,6-7,10-11H2,1-5H3. The fourth-order valence-electron chi connectivity index (χ4n) is 2.32. The Kier molecular flexibility index (Phi) is 7.19. The van der Waals surface area contributed by atoms with Crippen molar-refractivity contribution < 1.29 is 14.3 Å². The van der Waals surface area contributed by atoms with E-state index in [2.05, 4.69) is 17.4 Å². The van der Waals surface area contributed by atoms with E-state index in [1.807, 2.05) is 20.9 Å². The van der Waals surface area contributed by atoms with Crippen molar-refractivity contribution in [3.8, 4) is 5.75 Å². The normalized spacial score (nSPS) is 10.5. The molecule has 0 fully saturated rings. The Bertz CT molecular complexity index is 452. The first-order valence-electron chi connectivity index (χ1n) is 7.07. The molecule has 0 aliphatic carbocycles. The van der Waals surface area contributed by atoms with Crippen LogP contribution < -0.4 is 10.1 Å². The lowest BCUT2D eigenvalue weighted by atomic mass is 10.1. The molecule has 1 aromatic carbocycles. The van der Waals surface area contributed by atoms with Crippen LogP contribution in [0.3, 0.4) is 0 Å². The van der Waals surface area contributed by atoms with Crippen LogP contribution in [0.15, 0.2) is 12.1 Å². The molecule has 5 nitrogen and oxygen atoms in total. The van der Waals surface area contributed by atoms with Gasteiger partial charge in [-0.05, 0) is 30.5 Å². The highest BCUT2D eigenvalue weighted by atomic mass is 16.5. The average Bonchev–Trinajstić information content (AvgIpc) is 2.43. The van der Waals surface area contributed by atoms with Gasteiger partial charge in [-0.1, -0.05) is 12.1 Å². The Labute approximate surface area is 127 Å². The molecule has 0 aliphatic rings. The van der Waals surface area contributed by atoms with Crippen LogP contribution >= 0.6 is 0 Å². The second-order valence-corrected chi connectivity index (χ2v) is 5.18. The molecule has 118 valence electrons. The average molecular weight is 294 g/mol. The monoisotopic (exact) mass is 294 g/mol. The molecule has 0 aromatic heterocycles. The molecule has 1 aromatic rings. The van der Waals surface area contributed by atoms with Crippen LogP contribution in [-0.2, 0) is 16.1 Å². The number of likely N-dealkylation sites (N-methyl/N-ethyl adjacent to an activating group) is 1. The summed E-state index contributed by atoms with van der Waals surface area (Å²) in [7, 11) is 5.13. The highest BCUT2D eigenvalue weighted by molar-refractivity contribution is 5.78. The zero-order valence-electron chi connectivity index (χ0n) is 13.7. The molecule has 0 aliphatic heterocycles. The lowest BCUT2D eigenvalue weighted by Crippen LogP contribution is -2.36. The number of nitrogens with one attached hydrogen (secondary N) is 1. The molecule has 0 saturated heterocycles. The van der Waals surface area contributed by atoms with E-state index in [-0.39, 0.29) is 5.91 Å². The number of methoxy groups -OCH3 is 2. The van der Waals surface area contributed by atoms with Crippen molar-refractivity contribution >= 4 is 5.91 Å². The SMILES string of the molecule is COCCNCC(=O)N(C)Cc1cc(C)c(OC)c(C)c1. The molecule has 21 heavy (non-hydrogen) atoms. The zero-order chi connectivity index (χ0) is 15.8. The van der Waals surface area contributed by atoms with E-state index in [1.165, 1.54) is 0 Å². The number of rotatable bonds is 8. The van der Waals surface area contributed by atoms with Gasteiger partial charge in [-0.3, -0.25) is 4.79 Å². The fraction of sp³-hybridized carbons (Fsp3) is 0.562. The first-order chi connectivity index (χ1) is 9.99. The predicted octanol–water partition coefficient (Wildman–Crippen LogP) is 1.51. The van der Waals surface area contributed by atoms with Crippen LogP contribution in [0.25, 0.3) is 0 Å². The summed E-state index contributed by atoms with van der Waals surface area (Å²) in [5.74, 6) is 0.978. The third kappa shape index (κ3) is 5.36. The second-order valence-electron chi connectivity index (χ2n) is 5.18. The van der Waals surface area contributed by atoms with Gasteiger partial charge in [0.25, 0.3) is 0 Å². The lowest BCUT2D eigenvalue weighted by molar-refractivity contribution is -0.129. The third-order valence-electron chi connectivity index (χ3n) is 3.33. The smallest absolute Gasteiger partial charge is 0.236 e. The van der Waals surface area contributed by atoms with E-state index in [1.54, 1.807) is 19.1 Å². The summed E-state index contributed by atoms with van der Waals surface area (Å²) in [4.78, 5) is 13.7. The van der Waals surface area contributed by atoms with Gasteiger partial charge in [0.15, 0.2) is 0 Å². The van der Waals surface area contributed by atoms with E-state index in [0.717, 1.165) is 22.4 Å². The molecule has 0 saturated carbocycles. The van der Waals surface area contributed by atoms with E-state index in [4.69, 9.17) is 9.47 Å². The highest BCUT2D eigenvalue weighted by Gasteiger charge is 2.11. The van der Waals surface area contributed by atoms with Crippen LogP contribution in [0.4, 0.5) is 0 Å². The molecule has 0 heterocycles. The Morgan fingerprint density at radius 2 is 1.86 bits per heavy atom. The number of hydrogen-bond acceptors (Lipinski definition) is 4. The number of nitrogens with zero attached hydrogens (tertiary/aromatic N) is 1.